The number of alkyl halides is 3. The number of hydrogen-bond acceptors (Lipinski definition) is 3. The largest absolute Gasteiger partial charge is 0.390 e. The number of ether oxygens (including phenoxy) is 1. The molecule has 0 aromatic heterocycles. The Labute approximate surface area is 122 Å². The van der Waals surface area contributed by atoms with E-state index < -0.39 is 48.3 Å². The van der Waals surface area contributed by atoms with E-state index in [2.05, 4.69) is 0 Å². The van der Waals surface area contributed by atoms with Gasteiger partial charge in [0.05, 0.1) is 25.7 Å². The first-order valence-corrected chi connectivity index (χ1v) is 6.39. The number of halogens is 5. The Morgan fingerprint density at radius 1 is 1.27 bits per heavy atom. The standard InChI is InChI=1S/C13H13F5N2O2/c14-9-3-7(4-10(15)11(9)12(19)21)20(8-5-22-6-8)2-1-13(16,17)18/h3-4,8H,1-2,5-6H2,(H2,19,21). The molecule has 2 N–H and O–H groups in total. The van der Waals surface area contributed by atoms with Crippen molar-refractivity contribution in [2.24, 2.45) is 5.73 Å². The van der Waals surface area contributed by atoms with Gasteiger partial charge in [0, 0.05) is 12.2 Å². The van der Waals surface area contributed by atoms with Crippen LogP contribution in [0.3, 0.4) is 0 Å². The van der Waals surface area contributed by atoms with Gasteiger partial charge in [-0.3, -0.25) is 4.79 Å². The Bertz CT molecular complexity index is 549. The Morgan fingerprint density at radius 2 is 1.82 bits per heavy atom. The summed E-state index contributed by atoms with van der Waals surface area (Å²) in [5.41, 5.74) is 3.85. The van der Waals surface area contributed by atoms with Crippen molar-refractivity contribution in [2.75, 3.05) is 24.7 Å². The number of nitrogens with zero attached hydrogens (tertiary/aromatic N) is 1. The number of carbonyl (C=O) groups is 1. The lowest BCUT2D eigenvalue weighted by Gasteiger charge is -2.39. The first-order chi connectivity index (χ1) is 10.2. The zero-order valence-electron chi connectivity index (χ0n) is 11.3. The molecule has 0 spiro atoms. The normalized spacial score (nSPS) is 15.5. The third kappa shape index (κ3) is 3.65. The van der Waals surface area contributed by atoms with Crippen LogP contribution in [-0.2, 0) is 4.74 Å². The van der Waals surface area contributed by atoms with E-state index in [1.807, 2.05) is 0 Å². The van der Waals surface area contributed by atoms with Gasteiger partial charge in [0.25, 0.3) is 5.91 Å². The fourth-order valence-electron chi connectivity index (χ4n) is 2.13. The van der Waals surface area contributed by atoms with Gasteiger partial charge in [0.2, 0.25) is 0 Å². The molecule has 1 aliphatic rings. The van der Waals surface area contributed by atoms with Gasteiger partial charge in [-0.2, -0.15) is 13.2 Å². The zero-order valence-corrected chi connectivity index (χ0v) is 11.3. The Balaban J connectivity index is 2.29. The van der Waals surface area contributed by atoms with Crippen molar-refractivity contribution in [2.45, 2.75) is 18.6 Å². The van der Waals surface area contributed by atoms with E-state index in [0.717, 1.165) is 12.1 Å². The highest BCUT2D eigenvalue weighted by molar-refractivity contribution is 5.93. The maximum atomic E-state index is 13.8. The van der Waals surface area contributed by atoms with Gasteiger partial charge in [-0.1, -0.05) is 0 Å². The minimum Gasteiger partial charge on any atom is -0.377 e. The highest BCUT2D eigenvalue weighted by Gasteiger charge is 2.33. The summed E-state index contributed by atoms with van der Waals surface area (Å²) in [5.74, 6) is -3.70. The third-order valence-electron chi connectivity index (χ3n) is 3.30. The molecular weight excluding hydrogens is 311 g/mol. The van der Waals surface area contributed by atoms with Crippen LogP contribution in [0.2, 0.25) is 0 Å². The summed E-state index contributed by atoms with van der Waals surface area (Å²) in [6, 6.07) is 1.20. The molecule has 0 bridgehead atoms. The fraction of sp³-hybridized carbons (Fsp3) is 0.462. The maximum Gasteiger partial charge on any atom is 0.390 e. The molecule has 1 heterocycles. The number of anilines is 1. The van der Waals surface area contributed by atoms with Gasteiger partial charge >= 0.3 is 6.18 Å². The second-order valence-corrected chi connectivity index (χ2v) is 4.90. The van der Waals surface area contributed by atoms with E-state index in [-0.39, 0.29) is 18.9 Å². The van der Waals surface area contributed by atoms with Crippen LogP contribution >= 0.6 is 0 Å². The fourth-order valence-corrected chi connectivity index (χ4v) is 2.13. The summed E-state index contributed by atoms with van der Waals surface area (Å²) < 4.78 is 69.6. The van der Waals surface area contributed by atoms with Gasteiger partial charge < -0.3 is 15.4 Å². The van der Waals surface area contributed by atoms with Crippen molar-refractivity contribution < 1.29 is 31.5 Å². The van der Waals surface area contributed by atoms with Crippen LogP contribution in [0.1, 0.15) is 16.8 Å². The number of amides is 1. The molecule has 0 aliphatic carbocycles. The topological polar surface area (TPSA) is 55.6 Å². The highest BCUT2D eigenvalue weighted by Crippen LogP contribution is 2.28. The lowest BCUT2D eigenvalue weighted by molar-refractivity contribution is -0.133. The van der Waals surface area contributed by atoms with E-state index >= 15 is 0 Å². The average molecular weight is 324 g/mol. The van der Waals surface area contributed by atoms with E-state index in [1.54, 1.807) is 0 Å². The number of carbonyl (C=O) groups excluding carboxylic acids is 1. The van der Waals surface area contributed by atoms with Gasteiger partial charge in [-0.25, -0.2) is 8.78 Å². The van der Waals surface area contributed by atoms with Crippen molar-refractivity contribution in [1.29, 1.82) is 0 Å². The summed E-state index contributed by atoms with van der Waals surface area (Å²) >= 11 is 0. The van der Waals surface area contributed by atoms with E-state index in [1.165, 1.54) is 4.90 Å². The van der Waals surface area contributed by atoms with Gasteiger partial charge in [0.1, 0.15) is 17.2 Å². The molecule has 0 atom stereocenters. The quantitative estimate of drug-likeness (QED) is 0.845. The van der Waals surface area contributed by atoms with Crippen molar-refractivity contribution in [1.82, 2.24) is 0 Å². The lowest BCUT2D eigenvalue weighted by atomic mass is 10.1. The predicted octanol–water partition coefficient (Wildman–Crippen LogP) is 2.22. The van der Waals surface area contributed by atoms with Crippen LogP contribution in [-0.4, -0.2) is 37.9 Å². The minimum absolute atomic E-state index is 0.0856. The molecule has 0 radical (unpaired) electrons. The van der Waals surface area contributed by atoms with Gasteiger partial charge in [0.15, 0.2) is 0 Å². The molecule has 1 amide bonds. The molecular formula is C13H13F5N2O2. The van der Waals surface area contributed by atoms with Crippen molar-refractivity contribution >= 4 is 11.6 Å². The zero-order chi connectivity index (χ0) is 16.5. The summed E-state index contributed by atoms with van der Waals surface area (Å²) in [7, 11) is 0. The molecule has 1 aromatic rings. The number of nitrogens with two attached hydrogens (primary N) is 1. The van der Waals surface area contributed by atoms with Crippen LogP contribution in [0, 0.1) is 11.6 Å². The first kappa shape index (κ1) is 16.5. The second-order valence-electron chi connectivity index (χ2n) is 4.90. The van der Waals surface area contributed by atoms with Crippen LogP contribution in [0.25, 0.3) is 0 Å². The lowest BCUT2D eigenvalue weighted by Crippen LogP contribution is -2.50. The smallest absolute Gasteiger partial charge is 0.377 e. The highest BCUT2D eigenvalue weighted by atomic mass is 19.4. The Kier molecular flexibility index (Phi) is 4.55. The van der Waals surface area contributed by atoms with E-state index in [0.29, 0.717) is 0 Å². The molecule has 1 aromatic carbocycles. The minimum atomic E-state index is -4.40. The molecule has 1 fully saturated rings. The summed E-state index contributed by atoms with van der Waals surface area (Å²) in [4.78, 5) is 12.2. The van der Waals surface area contributed by atoms with Crippen LogP contribution in [0.5, 0.6) is 0 Å². The van der Waals surface area contributed by atoms with Gasteiger partial charge in [-0.15, -0.1) is 0 Å². The van der Waals surface area contributed by atoms with Crippen LogP contribution in [0.4, 0.5) is 27.6 Å². The molecule has 4 nitrogen and oxygen atoms in total. The molecule has 122 valence electrons. The SMILES string of the molecule is NC(=O)c1c(F)cc(N(CCC(F)(F)F)C2COC2)cc1F. The Hall–Kier alpha value is -1.90. The number of hydrogen-bond donors (Lipinski definition) is 1. The maximum absolute atomic E-state index is 13.8. The summed E-state index contributed by atoms with van der Waals surface area (Å²) in [5, 5.41) is 0. The number of rotatable bonds is 5. The average Bonchev–Trinajstić information content (AvgIpc) is 2.29. The molecule has 1 aliphatic heterocycles. The Morgan fingerprint density at radius 3 is 2.18 bits per heavy atom. The molecule has 2 rings (SSSR count). The molecule has 22 heavy (non-hydrogen) atoms. The van der Waals surface area contributed by atoms with Gasteiger partial charge in [-0.05, 0) is 12.1 Å². The van der Waals surface area contributed by atoms with Crippen molar-refractivity contribution in [3.8, 4) is 0 Å². The molecule has 0 unspecified atom stereocenters. The van der Waals surface area contributed by atoms with Crippen molar-refractivity contribution in [3.05, 3.63) is 29.3 Å². The predicted molar refractivity (Wildman–Crippen MR) is 67.5 cm³/mol. The first-order valence-electron chi connectivity index (χ1n) is 6.39. The third-order valence-corrected chi connectivity index (χ3v) is 3.30. The molecule has 1 saturated heterocycles. The van der Waals surface area contributed by atoms with Crippen LogP contribution in [0.15, 0.2) is 12.1 Å². The summed E-state index contributed by atoms with van der Waals surface area (Å²) in [6.45, 7) is -0.135. The second kappa shape index (κ2) is 6.07. The summed E-state index contributed by atoms with van der Waals surface area (Å²) in [6.07, 6.45) is -5.53. The van der Waals surface area contributed by atoms with Crippen LogP contribution < -0.4 is 10.6 Å². The van der Waals surface area contributed by atoms with E-state index in [9.17, 15) is 26.7 Å². The number of benzene rings is 1. The monoisotopic (exact) mass is 324 g/mol. The molecule has 0 saturated carbocycles. The molecule has 9 heteroatoms. The van der Waals surface area contributed by atoms with Crippen molar-refractivity contribution in [3.63, 3.8) is 0 Å². The van der Waals surface area contributed by atoms with E-state index in [4.69, 9.17) is 10.5 Å². The number of primary amides is 1.